The molecule has 3 heterocycles. The Morgan fingerprint density at radius 3 is 2.66 bits per heavy atom. The van der Waals surface area contributed by atoms with Crippen LogP contribution < -0.4 is 10.6 Å². The number of aliphatic hydroxyl groups is 1. The van der Waals surface area contributed by atoms with Crippen molar-refractivity contribution in [3.8, 4) is 11.3 Å². The zero-order valence-electron chi connectivity index (χ0n) is 21.9. The highest BCUT2D eigenvalue weighted by atomic mass is 32.1. The van der Waals surface area contributed by atoms with Gasteiger partial charge in [0.05, 0.1) is 29.1 Å². The summed E-state index contributed by atoms with van der Waals surface area (Å²) in [6.07, 6.45) is 8.83. The molecule has 2 aliphatic rings. The van der Waals surface area contributed by atoms with Gasteiger partial charge in [0.1, 0.15) is 16.6 Å². The van der Waals surface area contributed by atoms with Crippen LogP contribution in [0, 0.1) is 5.92 Å². The van der Waals surface area contributed by atoms with Crippen LogP contribution in [0.5, 0.6) is 0 Å². The summed E-state index contributed by atoms with van der Waals surface area (Å²) >= 11 is 1.63. The lowest BCUT2D eigenvalue weighted by atomic mass is 9.83. The Morgan fingerprint density at radius 1 is 1.11 bits per heavy atom. The van der Waals surface area contributed by atoms with Crippen molar-refractivity contribution in [1.82, 2.24) is 25.5 Å². The molecule has 1 aromatic carbocycles. The third-order valence-corrected chi connectivity index (χ3v) is 8.95. The molecule has 202 valence electrons. The predicted octanol–water partition coefficient (Wildman–Crippen LogP) is 4.06. The normalized spacial score (nSPS) is 19.9. The number of hydrogen-bond acceptors (Lipinski definition) is 7. The van der Waals surface area contributed by atoms with E-state index in [0.29, 0.717) is 13.1 Å². The lowest BCUT2D eigenvalue weighted by Gasteiger charge is -2.35. The average Bonchev–Trinajstić information content (AvgIpc) is 3.62. The van der Waals surface area contributed by atoms with Crippen LogP contribution in [0.15, 0.2) is 42.6 Å². The number of amides is 2. The Hall–Kier alpha value is -2.88. The van der Waals surface area contributed by atoms with Crippen LogP contribution in [-0.4, -0.2) is 63.6 Å². The van der Waals surface area contributed by atoms with E-state index in [4.69, 9.17) is 10.1 Å². The van der Waals surface area contributed by atoms with E-state index in [1.807, 2.05) is 47.5 Å². The van der Waals surface area contributed by atoms with Gasteiger partial charge in [-0.2, -0.15) is 0 Å². The number of carbonyl (C=O) groups excluding carboxylic acids is 2. The van der Waals surface area contributed by atoms with Gasteiger partial charge in [0.15, 0.2) is 0 Å². The smallest absolute Gasteiger partial charge is 0.246 e. The van der Waals surface area contributed by atoms with Gasteiger partial charge in [-0.05, 0) is 44.6 Å². The van der Waals surface area contributed by atoms with Gasteiger partial charge in [-0.3, -0.25) is 14.6 Å². The summed E-state index contributed by atoms with van der Waals surface area (Å²) in [6.45, 7) is 2.73. The Morgan fingerprint density at radius 2 is 1.89 bits per heavy atom. The summed E-state index contributed by atoms with van der Waals surface area (Å²) in [5, 5.41) is 16.2. The molecule has 1 saturated heterocycles. The highest BCUT2D eigenvalue weighted by molar-refractivity contribution is 7.18. The molecule has 0 spiro atoms. The molecule has 5 rings (SSSR count). The molecule has 3 atom stereocenters. The summed E-state index contributed by atoms with van der Waals surface area (Å²) < 4.78 is 1.06. The summed E-state index contributed by atoms with van der Waals surface area (Å²) in [7, 11) is 0. The van der Waals surface area contributed by atoms with Gasteiger partial charge in [0, 0.05) is 24.8 Å². The molecule has 1 aliphatic heterocycles. The van der Waals surface area contributed by atoms with Crippen LogP contribution in [0.3, 0.4) is 0 Å². The van der Waals surface area contributed by atoms with Gasteiger partial charge in [-0.15, -0.1) is 11.3 Å². The van der Waals surface area contributed by atoms with Gasteiger partial charge in [-0.25, -0.2) is 4.98 Å². The Kier molecular flexibility index (Phi) is 8.66. The first-order valence-electron chi connectivity index (χ1n) is 13.8. The van der Waals surface area contributed by atoms with E-state index < -0.39 is 12.1 Å². The predicted molar refractivity (Wildman–Crippen MR) is 150 cm³/mol. The number of aromatic nitrogens is 2. The molecule has 2 aromatic heterocycles. The second kappa shape index (κ2) is 12.3. The molecule has 3 aromatic rings. The fraction of sp³-hybridized carbons (Fsp3) is 0.517. The average molecular weight is 536 g/mol. The van der Waals surface area contributed by atoms with Crippen molar-refractivity contribution < 1.29 is 14.7 Å². The largest absolute Gasteiger partial charge is 0.395 e. The lowest BCUT2D eigenvalue weighted by molar-refractivity contribution is -0.139. The molecule has 0 radical (unpaired) electrons. The van der Waals surface area contributed by atoms with Gasteiger partial charge >= 0.3 is 0 Å². The third kappa shape index (κ3) is 5.75. The van der Waals surface area contributed by atoms with Crippen molar-refractivity contribution in [3.05, 3.63) is 47.6 Å². The first-order chi connectivity index (χ1) is 18.6. The molecule has 38 heavy (non-hydrogen) atoms. The maximum absolute atomic E-state index is 14.1. The number of carbonyl (C=O) groups is 2. The van der Waals surface area contributed by atoms with E-state index >= 15 is 0 Å². The second-order valence-electron chi connectivity index (χ2n) is 10.4. The number of likely N-dealkylation sites (tertiary alicyclic amines) is 1. The van der Waals surface area contributed by atoms with E-state index in [2.05, 4.69) is 15.6 Å². The van der Waals surface area contributed by atoms with Crippen molar-refractivity contribution in [2.75, 3.05) is 19.7 Å². The summed E-state index contributed by atoms with van der Waals surface area (Å²) in [5.74, 6) is -0.0600. The van der Waals surface area contributed by atoms with E-state index in [-0.39, 0.29) is 30.4 Å². The van der Waals surface area contributed by atoms with Crippen LogP contribution in [-0.2, 0) is 9.59 Å². The minimum absolute atomic E-state index is 0.00257. The number of nitrogens with zero attached hydrogens (tertiary/aromatic N) is 3. The van der Waals surface area contributed by atoms with Gasteiger partial charge < -0.3 is 20.6 Å². The number of hydrogen-bond donors (Lipinski definition) is 3. The minimum Gasteiger partial charge on any atom is -0.395 e. The quantitative estimate of drug-likeness (QED) is 0.382. The van der Waals surface area contributed by atoms with E-state index in [1.165, 1.54) is 6.42 Å². The monoisotopic (exact) mass is 535 g/mol. The molecule has 2 amide bonds. The molecule has 9 heteroatoms. The van der Waals surface area contributed by atoms with E-state index in [0.717, 1.165) is 65.0 Å². The van der Waals surface area contributed by atoms with Crippen LogP contribution in [0.4, 0.5) is 0 Å². The molecule has 1 aliphatic carbocycles. The fourth-order valence-corrected chi connectivity index (χ4v) is 6.90. The lowest BCUT2D eigenvalue weighted by Crippen LogP contribution is -2.56. The second-order valence-corrected chi connectivity index (χ2v) is 11.5. The van der Waals surface area contributed by atoms with Crippen LogP contribution >= 0.6 is 11.3 Å². The summed E-state index contributed by atoms with van der Waals surface area (Å²) in [4.78, 5) is 38.8. The number of rotatable bonds is 9. The van der Waals surface area contributed by atoms with E-state index in [1.54, 1.807) is 18.3 Å². The SMILES string of the molecule is C[C@@H](NCCO)C(=O)N[C@H](C(=O)N1CCC[C@H]1c1nc2c(-c3ccccc3)nccc2s1)C1CCCCC1. The van der Waals surface area contributed by atoms with Crippen molar-refractivity contribution in [3.63, 3.8) is 0 Å². The fourth-order valence-electron chi connectivity index (χ4n) is 5.79. The number of benzene rings is 1. The molecule has 1 saturated carbocycles. The maximum atomic E-state index is 14.1. The highest BCUT2D eigenvalue weighted by Crippen LogP contribution is 2.39. The highest BCUT2D eigenvalue weighted by Gasteiger charge is 2.40. The molecular formula is C29H37N5O3S. The minimum atomic E-state index is -0.544. The van der Waals surface area contributed by atoms with Crippen molar-refractivity contribution in [2.45, 2.75) is 70.0 Å². The zero-order valence-corrected chi connectivity index (χ0v) is 22.8. The van der Waals surface area contributed by atoms with Crippen molar-refractivity contribution in [1.29, 1.82) is 0 Å². The molecule has 3 N–H and O–H groups in total. The topological polar surface area (TPSA) is 107 Å². The zero-order chi connectivity index (χ0) is 26.5. The first kappa shape index (κ1) is 26.7. The Bertz CT molecular complexity index is 1240. The van der Waals surface area contributed by atoms with Crippen LogP contribution in [0.25, 0.3) is 21.5 Å². The number of thiazole rings is 1. The Balaban J connectivity index is 1.40. The molecule has 0 bridgehead atoms. The Labute approximate surface area is 227 Å². The molecule has 8 nitrogen and oxygen atoms in total. The summed E-state index contributed by atoms with van der Waals surface area (Å²) in [5.41, 5.74) is 2.76. The number of aliphatic hydroxyl groups excluding tert-OH is 1. The molecular weight excluding hydrogens is 498 g/mol. The standard InChI is InChI=1S/C29H37N5O3S/c1-19(30-16-18-35)27(36)32-25(21-11-6-3-7-12-21)29(37)34-17-8-13-22(34)28-33-26-23(38-28)14-15-31-24(26)20-9-4-2-5-10-20/h2,4-5,9-10,14-15,19,21-22,25,30,35H,3,6-8,11-13,16-18H2,1H3,(H,32,36)/t19-,22+,25+/m1/s1. The molecule has 2 fully saturated rings. The number of fused-ring (bicyclic) bond motifs is 1. The van der Waals surface area contributed by atoms with Crippen LogP contribution in [0.1, 0.15) is 62.9 Å². The van der Waals surface area contributed by atoms with Crippen molar-refractivity contribution >= 4 is 33.4 Å². The summed E-state index contributed by atoms with van der Waals surface area (Å²) in [6, 6.07) is 10.9. The first-order valence-corrected chi connectivity index (χ1v) is 14.6. The van der Waals surface area contributed by atoms with Gasteiger partial charge in [-0.1, -0.05) is 49.6 Å². The third-order valence-electron chi connectivity index (χ3n) is 7.83. The van der Waals surface area contributed by atoms with Gasteiger partial charge in [0.2, 0.25) is 11.8 Å². The maximum Gasteiger partial charge on any atom is 0.246 e. The number of pyridine rings is 1. The van der Waals surface area contributed by atoms with Crippen molar-refractivity contribution in [2.24, 2.45) is 5.92 Å². The van der Waals surface area contributed by atoms with E-state index in [9.17, 15) is 9.59 Å². The van der Waals surface area contributed by atoms with Crippen LogP contribution in [0.2, 0.25) is 0 Å². The van der Waals surface area contributed by atoms with Gasteiger partial charge in [0.25, 0.3) is 0 Å². The number of nitrogens with one attached hydrogen (secondary N) is 2. The molecule has 0 unspecified atom stereocenters.